The third-order valence-corrected chi connectivity index (χ3v) is 4.15. The maximum Gasteiger partial charge on any atom is 0.124 e. The van der Waals surface area contributed by atoms with E-state index < -0.39 is 0 Å². The first-order valence-electron chi connectivity index (χ1n) is 7.16. The van der Waals surface area contributed by atoms with Gasteiger partial charge in [0.2, 0.25) is 0 Å². The molecule has 0 spiro atoms. The van der Waals surface area contributed by atoms with Crippen molar-refractivity contribution in [2.45, 2.75) is 39.8 Å². The lowest BCUT2D eigenvalue weighted by Crippen LogP contribution is -2.23. The van der Waals surface area contributed by atoms with Crippen LogP contribution in [0.4, 0.5) is 4.39 Å². The molecule has 0 aliphatic carbocycles. The minimum atomic E-state index is -0.307. The second-order valence-electron chi connectivity index (χ2n) is 5.64. The Bertz CT molecular complexity index is 584. The Morgan fingerprint density at radius 1 is 0.952 bits per heavy atom. The van der Waals surface area contributed by atoms with Crippen molar-refractivity contribution in [2.75, 3.05) is 0 Å². The van der Waals surface area contributed by atoms with E-state index >= 15 is 0 Å². The Kier molecular flexibility index (Phi) is 5.02. The summed E-state index contributed by atoms with van der Waals surface area (Å²) >= 11 is 6.13. The molecule has 0 radical (unpaired) electrons. The number of halogens is 2. The van der Waals surface area contributed by atoms with Crippen LogP contribution < -0.4 is 5.32 Å². The standard InChI is InChI=1S/C18H21ClFN/c1-11-5-7-16(12(2)9-11)13(3)21-14(4)17-8-6-15(20)10-18(17)19/h5-10,13-14,21H,1-4H3. The minimum Gasteiger partial charge on any atom is -0.304 e. The molecule has 0 aliphatic rings. The van der Waals surface area contributed by atoms with Gasteiger partial charge in [0.25, 0.3) is 0 Å². The van der Waals surface area contributed by atoms with Crippen molar-refractivity contribution >= 4 is 11.6 Å². The zero-order valence-electron chi connectivity index (χ0n) is 12.9. The molecule has 1 N–H and O–H groups in total. The van der Waals surface area contributed by atoms with Crippen molar-refractivity contribution in [1.82, 2.24) is 5.32 Å². The smallest absolute Gasteiger partial charge is 0.124 e. The van der Waals surface area contributed by atoms with Crippen LogP contribution in [0.25, 0.3) is 0 Å². The zero-order chi connectivity index (χ0) is 15.6. The van der Waals surface area contributed by atoms with Gasteiger partial charge in [-0.05, 0) is 56.5 Å². The van der Waals surface area contributed by atoms with E-state index in [1.165, 1.54) is 28.8 Å². The van der Waals surface area contributed by atoms with E-state index in [1.54, 1.807) is 6.07 Å². The number of rotatable bonds is 4. The van der Waals surface area contributed by atoms with E-state index in [0.717, 1.165) is 5.56 Å². The van der Waals surface area contributed by atoms with E-state index in [9.17, 15) is 4.39 Å². The van der Waals surface area contributed by atoms with Gasteiger partial charge in [-0.3, -0.25) is 0 Å². The lowest BCUT2D eigenvalue weighted by atomic mass is 9.99. The molecule has 2 aromatic rings. The Hall–Kier alpha value is -1.38. The van der Waals surface area contributed by atoms with Crippen LogP contribution in [0.2, 0.25) is 5.02 Å². The molecular weight excluding hydrogens is 285 g/mol. The predicted molar refractivity (Wildman–Crippen MR) is 87.3 cm³/mol. The van der Waals surface area contributed by atoms with Crippen molar-refractivity contribution in [1.29, 1.82) is 0 Å². The van der Waals surface area contributed by atoms with Crippen LogP contribution in [0, 0.1) is 19.7 Å². The molecule has 0 bridgehead atoms. The van der Waals surface area contributed by atoms with Crippen molar-refractivity contribution in [3.8, 4) is 0 Å². The average molecular weight is 306 g/mol. The van der Waals surface area contributed by atoms with Gasteiger partial charge in [0.1, 0.15) is 5.82 Å². The van der Waals surface area contributed by atoms with Crippen molar-refractivity contribution < 1.29 is 4.39 Å². The summed E-state index contributed by atoms with van der Waals surface area (Å²) in [7, 11) is 0. The largest absolute Gasteiger partial charge is 0.304 e. The maximum absolute atomic E-state index is 13.1. The molecule has 0 heterocycles. The highest BCUT2D eigenvalue weighted by Crippen LogP contribution is 2.27. The van der Waals surface area contributed by atoms with Crippen LogP contribution in [-0.4, -0.2) is 0 Å². The van der Waals surface area contributed by atoms with Gasteiger partial charge in [0.05, 0.1) is 0 Å². The van der Waals surface area contributed by atoms with E-state index in [4.69, 9.17) is 11.6 Å². The van der Waals surface area contributed by atoms with Crippen molar-refractivity contribution in [3.05, 3.63) is 69.5 Å². The third-order valence-electron chi connectivity index (χ3n) is 3.82. The summed E-state index contributed by atoms with van der Waals surface area (Å²) < 4.78 is 13.1. The first-order chi connectivity index (χ1) is 9.88. The number of hydrogen-bond acceptors (Lipinski definition) is 1. The molecule has 2 rings (SSSR count). The second-order valence-corrected chi connectivity index (χ2v) is 6.04. The molecule has 2 unspecified atom stereocenters. The predicted octanol–water partition coefficient (Wildman–Crippen LogP) is 5.51. The Balaban J connectivity index is 2.16. The molecule has 3 heteroatoms. The molecule has 0 aliphatic heterocycles. The van der Waals surface area contributed by atoms with E-state index in [1.807, 2.05) is 6.92 Å². The number of hydrogen-bond donors (Lipinski definition) is 1. The highest BCUT2D eigenvalue weighted by molar-refractivity contribution is 6.31. The highest BCUT2D eigenvalue weighted by Gasteiger charge is 2.15. The summed E-state index contributed by atoms with van der Waals surface area (Å²) in [5.74, 6) is -0.307. The first-order valence-corrected chi connectivity index (χ1v) is 7.54. The van der Waals surface area contributed by atoms with E-state index in [-0.39, 0.29) is 17.9 Å². The molecule has 1 nitrogen and oxygen atoms in total. The fraction of sp³-hybridized carbons (Fsp3) is 0.333. The SMILES string of the molecule is Cc1ccc(C(C)NC(C)c2ccc(F)cc2Cl)c(C)c1. The number of aryl methyl sites for hydroxylation is 2. The summed E-state index contributed by atoms with van der Waals surface area (Å²) in [6.07, 6.45) is 0. The second kappa shape index (κ2) is 6.59. The molecular formula is C18H21ClFN. The van der Waals surface area contributed by atoms with Crippen molar-refractivity contribution in [2.24, 2.45) is 0 Å². The maximum atomic E-state index is 13.1. The molecule has 0 saturated heterocycles. The molecule has 0 amide bonds. The Labute approximate surface area is 131 Å². The van der Waals surface area contributed by atoms with Gasteiger partial charge in [-0.15, -0.1) is 0 Å². The quantitative estimate of drug-likeness (QED) is 0.785. The zero-order valence-corrected chi connectivity index (χ0v) is 13.6. The van der Waals surface area contributed by atoms with Gasteiger partial charge in [0.15, 0.2) is 0 Å². The van der Waals surface area contributed by atoms with Crippen LogP contribution in [0.15, 0.2) is 36.4 Å². The lowest BCUT2D eigenvalue weighted by molar-refractivity contribution is 0.492. The molecule has 2 atom stereocenters. The molecule has 0 saturated carbocycles. The minimum absolute atomic E-state index is 0.0498. The summed E-state index contributed by atoms with van der Waals surface area (Å²) in [5.41, 5.74) is 4.71. The van der Waals surface area contributed by atoms with Gasteiger partial charge < -0.3 is 5.32 Å². The van der Waals surface area contributed by atoms with Gasteiger partial charge in [-0.25, -0.2) is 4.39 Å². The van der Waals surface area contributed by atoms with Crippen LogP contribution in [0.5, 0.6) is 0 Å². The fourth-order valence-corrected chi connectivity index (χ4v) is 3.05. The van der Waals surface area contributed by atoms with Crippen molar-refractivity contribution in [3.63, 3.8) is 0 Å². The van der Waals surface area contributed by atoms with Crippen LogP contribution in [0.3, 0.4) is 0 Å². The van der Waals surface area contributed by atoms with E-state index in [2.05, 4.69) is 44.3 Å². The van der Waals surface area contributed by atoms with E-state index in [0.29, 0.717) is 5.02 Å². The normalized spacial score (nSPS) is 14.0. The molecule has 0 fully saturated rings. The Morgan fingerprint density at radius 2 is 1.57 bits per heavy atom. The Morgan fingerprint density at radius 3 is 2.19 bits per heavy atom. The molecule has 21 heavy (non-hydrogen) atoms. The average Bonchev–Trinajstić information content (AvgIpc) is 2.37. The van der Waals surface area contributed by atoms with Gasteiger partial charge in [0, 0.05) is 17.1 Å². The monoisotopic (exact) mass is 305 g/mol. The van der Waals surface area contributed by atoms with Crippen LogP contribution in [0.1, 0.15) is 48.2 Å². The van der Waals surface area contributed by atoms with Crippen LogP contribution in [-0.2, 0) is 0 Å². The van der Waals surface area contributed by atoms with Crippen LogP contribution >= 0.6 is 11.6 Å². The van der Waals surface area contributed by atoms with Gasteiger partial charge >= 0.3 is 0 Å². The third kappa shape index (κ3) is 3.84. The summed E-state index contributed by atoms with van der Waals surface area (Å²) in [6.45, 7) is 8.39. The highest BCUT2D eigenvalue weighted by atomic mass is 35.5. The molecule has 0 aromatic heterocycles. The number of nitrogens with one attached hydrogen (secondary N) is 1. The first kappa shape index (κ1) is 16.0. The number of benzene rings is 2. The molecule has 2 aromatic carbocycles. The lowest BCUT2D eigenvalue weighted by Gasteiger charge is -2.23. The topological polar surface area (TPSA) is 12.0 Å². The summed E-state index contributed by atoms with van der Waals surface area (Å²) in [5, 5.41) is 3.99. The van der Waals surface area contributed by atoms with Gasteiger partial charge in [-0.2, -0.15) is 0 Å². The van der Waals surface area contributed by atoms with Gasteiger partial charge in [-0.1, -0.05) is 41.4 Å². The summed E-state index contributed by atoms with van der Waals surface area (Å²) in [4.78, 5) is 0. The summed E-state index contributed by atoms with van der Waals surface area (Å²) in [6, 6.07) is 11.2. The fourth-order valence-electron chi connectivity index (χ4n) is 2.72. The molecule has 112 valence electrons.